The number of anilines is 3. The summed E-state index contributed by atoms with van der Waals surface area (Å²) in [6.45, 7) is 3.98. The van der Waals surface area contributed by atoms with Gasteiger partial charge in [0, 0.05) is 30.3 Å². The number of nitrogens with zero attached hydrogens (tertiary/aromatic N) is 2. The van der Waals surface area contributed by atoms with Gasteiger partial charge in [0.2, 0.25) is 0 Å². The fourth-order valence-corrected chi connectivity index (χ4v) is 4.15. The zero-order valence-corrected chi connectivity index (χ0v) is 18.2. The molecule has 4 rings (SSSR count). The molecule has 0 atom stereocenters. The number of hydrogen-bond donors (Lipinski definition) is 1. The van der Waals surface area contributed by atoms with E-state index in [1.807, 2.05) is 92.8 Å². The van der Waals surface area contributed by atoms with Gasteiger partial charge < -0.3 is 10.2 Å². The van der Waals surface area contributed by atoms with E-state index in [4.69, 9.17) is 0 Å². The lowest BCUT2D eigenvalue weighted by Crippen LogP contribution is -2.32. The highest BCUT2D eigenvalue weighted by Gasteiger charge is 2.40. The van der Waals surface area contributed by atoms with Gasteiger partial charge in [-0.2, -0.15) is 0 Å². The molecule has 30 heavy (non-hydrogen) atoms. The monoisotopic (exact) mass is 417 g/mol. The van der Waals surface area contributed by atoms with Crippen LogP contribution < -0.4 is 15.1 Å². The molecular weight excluding hydrogens is 394 g/mol. The molecule has 0 aliphatic carbocycles. The van der Waals surface area contributed by atoms with Crippen molar-refractivity contribution < 1.29 is 9.59 Å². The zero-order chi connectivity index (χ0) is 21.4. The van der Waals surface area contributed by atoms with E-state index in [-0.39, 0.29) is 11.8 Å². The van der Waals surface area contributed by atoms with Gasteiger partial charge in [-0.15, -0.1) is 11.3 Å². The summed E-state index contributed by atoms with van der Waals surface area (Å²) in [6.07, 6.45) is 0. The van der Waals surface area contributed by atoms with Crippen LogP contribution in [-0.2, 0) is 9.59 Å². The minimum atomic E-state index is -0.344. The molecule has 1 N–H and O–H groups in total. The number of nitrogens with one attached hydrogen (secondary N) is 1. The maximum absolute atomic E-state index is 13.4. The topological polar surface area (TPSA) is 52.7 Å². The van der Waals surface area contributed by atoms with Crippen LogP contribution in [0.1, 0.15) is 16.0 Å². The number of amides is 2. The Bertz CT molecular complexity index is 1150. The van der Waals surface area contributed by atoms with Gasteiger partial charge >= 0.3 is 0 Å². The highest BCUT2D eigenvalue weighted by atomic mass is 32.1. The van der Waals surface area contributed by atoms with E-state index in [1.165, 1.54) is 16.2 Å². The first-order chi connectivity index (χ1) is 14.4. The smallest absolute Gasteiger partial charge is 0.282 e. The molecule has 152 valence electrons. The quantitative estimate of drug-likeness (QED) is 0.605. The van der Waals surface area contributed by atoms with E-state index in [1.54, 1.807) is 0 Å². The summed E-state index contributed by atoms with van der Waals surface area (Å²) in [5.74, 6) is -0.651. The second-order valence-corrected chi connectivity index (χ2v) is 8.46. The van der Waals surface area contributed by atoms with Gasteiger partial charge in [0.1, 0.15) is 5.70 Å². The van der Waals surface area contributed by atoms with Crippen LogP contribution in [-0.4, -0.2) is 25.9 Å². The molecule has 0 bridgehead atoms. The van der Waals surface area contributed by atoms with Crippen LogP contribution in [0.3, 0.4) is 0 Å². The third-order valence-corrected chi connectivity index (χ3v) is 6.14. The second kappa shape index (κ2) is 7.80. The Hall–Kier alpha value is -3.38. The number of aryl methyl sites for hydroxylation is 2. The van der Waals surface area contributed by atoms with Crippen molar-refractivity contribution >= 4 is 45.8 Å². The van der Waals surface area contributed by atoms with Gasteiger partial charge in [-0.05, 0) is 72.8 Å². The van der Waals surface area contributed by atoms with Crippen LogP contribution in [0.15, 0.2) is 65.7 Å². The molecule has 5 nitrogen and oxygen atoms in total. The van der Waals surface area contributed by atoms with Gasteiger partial charge in [0.05, 0.1) is 11.3 Å². The Morgan fingerprint density at radius 1 is 0.900 bits per heavy atom. The zero-order valence-electron chi connectivity index (χ0n) is 17.4. The van der Waals surface area contributed by atoms with Crippen LogP contribution in [0.2, 0.25) is 0 Å². The number of imide groups is 1. The third-order valence-electron chi connectivity index (χ3n) is 5.25. The molecular formula is C24H23N3O2S. The van der Waals surface area contributed by atoms with E-state index in [2.05, 4.69) is 5.32 Å². The molecule has 2 heterocycles. The molecule has 1 aromatic heterocycles. The molecule has 0 fully saturated rings. The third kappa shape index (κ3) is 3.50. The van der Waals surface area contributed by atoms with Crippen LogP contribution in [0, 0.1) is 13.8 Å². The maximum atomic E-state index is 13.4. The van der Waals surface area contributed by atoms with Gasteiger partial charge in [-0.25, -0.2) is 4.90 Å². The molecule has 2 aromatic carbocycles. The fraction of sp³-hybridized carbons (Fsp3) is 0.167. The van der Waals surface area contributed by atoms with Crippen LogP contribution in [0.25, 0.3) is 5.57 Å². The SMILES string of the molecule is Cc1ccc(N2C(=O)C(Nc3ccc(N(C)C)cc3)=C(c3cccs3)C2=O)cc1C. The molecule has 6 heteroatoms. The van der Waals surface area contributed by atoms with E-state index in [0.29, 0.717) is 17.0 Å². The van der Waals surface area contributed by atoms with Crippen LogP contribution in [0.5, 0.6) is 0 Å². The van der Waals surface area contributed by atoms with Crippen molar-refractivity contribution in [2.75, 3.05) is 29.2 Å². The first-order valence-electron chi connectivity index (χ1n) is 9.65. The Kier molecular flexibility index (Phi) is 5.18. The maximum Gasteiger partial charge on any atom is 0.282 e. The molecule has 2 amide bonds. The summed E-state index contributed by atoms with van der Waals surface area (Å²) >= 11 is 1.45. The van der Waals surface area contributed by atoms with Gasteiger partial charge in [0.15, 0.2) is 0 Å². The molecule has 1 aliphatic rings. The van der Waals surface area contributed by atoms with E-state index in [9.17, 15) is 9.59 Å². The van der Waals surface area contributed by atoms with Crippen molar-refractivity contribution in [3.05, 3.63) is 81.7 Å². The summed E-state index contributed by atoms with van der Waals surface area (Å²) < 4.78 is 0. The normalized spacial score (nSPS) is 13.9. The number of thiophene rings is 1. The average Bonchev–Trinajstić information content (AvgIpc) is 3.32. The van der Waals surface area contributed by atoms with Crippen LogP contribution >= 0.6 is 11.3 Å². The lowest BCUT2D eigenvalue weighted by Gasteiger charge is -2.17. The first-order valence-corrected chi connectivity index (χ1v) is 10.5. The lowest BCUT2D eigenvalue weighted by molar-refractivity contribution is -0.120. The van der Waals surface area contributed by atoms with Crippen molar-refractivity contribution in [3.8, 4) is 0 Å². The highest BCUT2D eigenvalue weighted by Crippen LogP contribution is 2.36. The largest absolute Gasteiger partial charge is 0.378 e. The van der Waals surface area contributed by atoms with Crippen molar-refractivity contribution in [2.24, 2.45) is 0 Å². The fourth-order valence-electron chi connectivity index (χ4n) is 3.38. The molecule has 0 saturated carbocycles. The van der Waals surface area contributed by atoms with Crippen molar-refractivity contribution in [1.82, 2.24) is 0 Å². The molecule has 1 aliphatic heterocycles. The Morgan fingerprint density at radius 3 is 2.23 bits per heavy atom. The average molecular weight is 418 g/mol. The highest BCUT2D eigenvalue weighted by molar-refractivity contribution is 7.11. The predicted octanol–water partition coefficient (Wildman–Crippen LogP) is 4.83. The first kappa shape index (κ1) is 19.9. The van der Waals surface area contributed by atoms with Crippen molar-refractivity contribution in [2.45, 2.75) is 13.8 Å². The minimum absolute atomic E-state index is 0.304. The van der Waals surface area contributed by atoms with Crippen LogP contribution in [0.4, 0.5) is 17.1 Å². The molecule has 0 unspecified atom stereocenters. The van der Waals surface area contributed by atoms with Crippen molar-refractivity contribution in [3.63, 3.8) is 0 Å². The molecule has 3 aromatic rings. The Labute approximate surface area is 180 Å². The number of carbonyl (C=O) groups is 2. The van der Waals surface area contributed by atoms with Gasteiger partial charge in [-0.1, -0.05) is 12.1 Å². The summed E-state index contributed by atoms with van der Waals surface area (Å²) in [7, 11) is 3.95. The summed E-state index contributed by atoms with van der Waals surface area (Å²) in [5.41, 5.74) is 5.26. The Morgan fingerprint density at radius 2 is 1.63 bits per heavy atom. The predicted molar refractivity (Wildman–Crippen MR) is 124 cm³/mol. The number of hydrogen-bond acceptors (Lipinski definition) is 5. The van der Waals surface area contributed by atoms with E-state index in [0.717, 1.165) is 27.4 Å². The lowest BCUT2D eigenvalue weighted by atomic mass is 10.1. The van der Waals surface area contributed by atoms with Gasteiger partial charge in [-0.3, -0.25) is 9.59 Å². The molecule has 0 spiro atoms. The van der Waals surface area contributed by atoms with Crippen molar-refractivity contribution in [1.29, 1.82) is 0 Å². The number of carbonyl (C=O) groups excluding carboxylic acids is 2. The number of rotatable bonds is 5. The summed E-state index contributed by atoms with van der Waals surface area (Å²) in [6, 6.07) is 17.1. The summed E-state index contributed by atoms with van der Waals surface area (Å²) in [5, 5.41) is 5.11. The second-order valence-electron chi connectivity index (χ2n) is 7.51. The van der Waals surface area contributed by atoms with E-state index >= 15 is 0 Å². The minimum Gasteiger partial charge on any atom is -0.378 e. The Balaban J connectivity index is 1.75. The molecule has 0 radical (unpaired) electrons. The number of benzene rings is 2. The summed E-state index contributed by atoms with van der Waals surface area (Å²) in [4.78, 5) is 30.8. The standard InChI is InChI=1S/C24H23N3O2S/c1-15-7-10-19(14-16(15)2)27-23(28)21(20-6-5-13-30-20)22(24(27)29)25-17-8-11-18(12-9-17)26(3)4/h5-14,25H,1-4H3. The van der Waals surface area contributed by atoms with E-state index < -0.39 is 0 Å². The molecule has 0 saturated heterocycles. The van der Waals surface area contributed by atoms with Gasteiger partial charge in [0.25, 0.3) is 11.8 Å².